The van der Waals surface area contributed by atoms with Gasteiger partial charge in [-0.1, -0.05) is 39.0 Å². The molecule has 0 fully saturated rings. The predicted molar refractivity (Wildman–Crippen MR) is 104 cm³/mol. The van der Waals surface area contributed by atoms with Crippen molar-refractivity contribution >= 4 is 0 Å². The molecule has 0 aromatic rings. The molecule has 0 radical (unpaired) electrons. The fraction of sp³-hybridized carbons (Fsp3) is 0.810. The average Bonchev–Trinajstić information content (AvgIpc) is 2.63. The number of aliphatic hydroxyl groups is 1. The van der Waals surface area contributed by atoms with Gasteiger partial charge in [-0.05, 0) is 31.8 Å². The zero-order chi connectivity index (χ0) is 19.5. The molecule has 1 N–H and O–H groups in total. The molecule has 1 unspecified atom stereocenters. The molecular weight excluding hydrogens is 332 g/mol. The summed E-state index contributed by atoms with van der Waals surface area (Å²) < 4.78 is 22.8. The van der Waals surface area contributed by atoms with Crippen LogP contribution in [0.4, 0.5) is 0 Å². The van der Waals surface area contributed by atoms with Gasteiger partial charge in [-0.3, -0.25) is 0 Å². The molecule has 0 saturated heterocycles. The second-order valence-corrected chi connectivity index (χ2v) is 7.21. The Bertz CT molecular complexity index is 423. The van der Waals surface area contributed by atoms with Crippen LogP contribution in [0.3, 0.4) is 0 Å². The van der Waals surface area contributed by atoms with Gasteiger partial charge in [0, 0.05) is 32.5 Å². The van der Waals surface area contributed by atoms with E-state index in [1.165, 1.54) is 0 Å². The van der Waals surface area contributed by atoms with Crippen LogP contribution in [0, 0.1) is 17.8 Å². The van der Waals surface area contributed by atoms with Gasteiger partial charge in [-0.2, -0.15) is 0 Å². The molecule has 152 valence electrons. The van der Waals surface area contributed by atoms with Crippen LogP contribution in [0.1, 0.15) is 47.0 Å². The highest BCUT2D eigenvalue weighted by Crippen LogP contribution is 2.31. The molecule has 0 aliphatic carbocycles. The van der Waals surface area contributed by atoms with Crippen LogP contribution < -0.4 is 0 Å². The third-order valence-corrected chi connectivity index (χ3v) is 5.33. The first-order valence-corrected chi connectivity index (χ1v) is 9.74. The molecule has 0 aromatic heterocycles. The topological polar surface area (TPSA) is 57.2 Å². The zero-order valence-corrected chi connectivity index (χ0v) is 17.3. The van der Waals surface area contributed by atoms with Crippen molar-refractivity contribution in [3.63, 3.8) is 0 Å². The SMILES string of the molecule is C/C=C/C[C@H](C)[C@@H](OC)[C@@H](C)[C@@H](C[C@H]1OC(O)C=C[C@H]1CC)OCOC. The Hall–Kier alpha value is -0.720. The number of rotatable bonds is 12. The molecule has 0 aromatic carbocycles. The molecule has 1 heterocycles. The van der Waals surface area contributed by atoms with E-state index in [-0.39, 0.29) is 36.9 Å². The number of ether oxygens (including phenoxy) is 4. The first-order chi connectivity index (χ1) is 12.5. The van der Waals surface area contributed by atoms with Crippen molar-refractivity contribution in [1.29, 1.82) is 0 Å². The van der Waals surface area contributed by atoms with Crippen molar-refractivity contribution in [2.75, 3.05) is 21.0 Å². The summed E-state index contributed by atoms with van der Waals surface area (Å²) in [7, 11) is 3.39. The summed E-state index contributed by atoms with van der Waals surface area (Å²) in [5.74, 6) is 0.819. The Morgan fingerprint density at radius 3 is 2.54 bits per heavy atom. The van der Waals surface area contributed by atoms with E-state index in [1.54, 1.807) is 20.3 Å². The number of aliphatic hydroxyl groups excluding tert-OH is 1. The Kier molecular flexibility index (Phi) is 11.3. The van der Waals surface area contributed by atoms with E-state index >= 15 is 0 Å². The van der Waals surface area contributed by atoms with Gasteiger partial charge in [0.15, 0.2) is 6.29 Å². The lowest BCUT2D eigenvalue weighted by molar-refractivity contribution is -0.166. The van der Waals surface area contributed by atoms with E-state index in [2.05, 4.69) is 39.0 Å². The van der Waals surface area contributed by atoms with Gasteiger partial charge in [0.1, 0.15) is 6.79 Å². The monoisotopic (exact) mass is 370 g/mol. The molecule has 5 nitrogen and oxygen atoms in total. The standard InChI is InChI=1S/C21H38O5/c1-7-9-10-15(3)21(24-6)16(4)18(25-14-23-5)13-19-17(8-2)11-12-20(22)26-19/h7,9,11-12,15-22H,8,10,13-14H2,1-6H3/b9-7+/t15-,16-,17+,18+,19+,20?,21+/m0/s1. The van der Waals surface area contributed by atoms with Crippen molar-refractivity contribution in [3.05, 3.63) is 24.3 Å². The Labute approximate surface area is 159 Å². The lowest BCUT2D eigenvalue weighted by Crippen LogP contribution is -2.42. The first-order valence-electron chi connectivity index (χ1n) is 9.74. The maximum absolute atomic E-state index is 9.85. The van der Waals surface area contributed by atoms with E-state index in [9.17, 15) is 5.11 Å². The maximum atomic E-state index is 9.85. The minimum absolute atomic E-state index is 0.0668. The molecule has 0 bridgehead atoms. The summed E-state index contributed by atoms with van der Waals surface area (Å²) in [4.78, 5) is 0. The van der Waals surface area contributed by atoms with Crippen LogP contribution in [-0.2, 0) is 18.9 Å². The van der Waals surface area contributed by atoms with E-state index in [0.717, 1.165) is 12.8 Å². The summed E-state index contributed by atoms with van der Waals surface area (Å²) in [5.41, 5.74) is 0. The highest BCUT2D eigenvalue weighted by Gasteiger charge is 2.35. The smallest absolute Gasteiger partial charge is 0.174 e. The number of hydrogen-bond donors (Lipinski definition) is 1. The van der Waals surface area contributed by atoms with E-state index in [1.807, 2.05) is 6.92 Å². The van der Waals surface area contributed by atoms with Gasteiger partial charge < -0.3 is 24.1 Å². The molecule has 1 aliphatic heterocycles. The molecule has 26 heavy (non-hydrogen) atoms. The van der Waals surface area contributed by atoms with Crippen molar-refractivity contribution < 1.29 is 24.1 Å². The summed E-state index contributed by atoms with van der Waals surface area (Å²) in [6, 6.07) is 0. The van der Waals surface area contributed by atoms with Crippen LogP contribution in [0.5, 0.6) is 0 Å². The van der Waals surface area contributed by atoms with E-state index in [0.29, 0.717) is 12.3 Å². The quantitative estimate of drug-likeness (QED) is 0.417. The van der Waals surface area contributed by atoms with Gasteiger partial charge in [0.2, 0.25) is 0 Å². The van der Waals surface area contributed by atoms with Crippen molar-refractivity contribution in [2.45, 2.75) is 71.6 Å². The fourth-order valence-corrected chi connectivity index (χ4v) is 3.80. The third-order valence-electron chi connectivity index (χ3n) is 5.33. The lowest BCUT2D eigenvalue weighted by Gasteiger charge is -2.37. The highest BCUT2D eigenvalue weighted by atomic mass is 16.7. The first kappa shape index (κ1) is 23.3. The summed E-state index contributed by atoms with van der Waals surface area (Å²) in [6.45, 7) is 8.77. The number of hydrogen-bond acceptors (Lipinski definition) is 5. The third kappa shape index (κ3) is 7.12. The Morgan fingerprint density at radius 2 is 1.96 bits per heavy atom. The van der Waals surface area contributed by atoms with Gasteiger partial charge in [0.25, 0.3) is 0 Å². The van der Waals surface area contributed by atoms with Crippen LogP contribution >= 0.6 is 0 Å². The molecule has 0 amide bonds. The number of allylic oxidation sites excluding steroid dienone is 2. The van der Waals surface area contributed by atoms with Crippen LogP contribution in [0.15, 0.2) is 24.3 Å². The predicted octanol–water partition coefficient (Wildman–Crippen LogP) is 3.92. The Balaban J connectivity index is 2.87. The average molecular weight is 371 g/mol. The minimum Gasteiger partial charge on any atom is -0.381 e. The van der Waals surface area contributed by atoms with Gasteiger partial charge in [0.05, 0.1) is 18.3 Å². The largest absolute Gasteiger partial charge is 0.381 e. The molecule has 1 rings (SSSR count). The van der Waals surface area contributed by atoms with Crippen molar-refractivity contribution in [1.82, 2.24) is 0 Å². The highest BCUT2D eigenvalue weighted by molar-refractivity contribution is 4.99. The normalized spacial score (nSPS) is 28.2. The summed E-state index contributed by atoms with van der Waals surface area (Å²) in [6.07, 6.45) is 9.72. The van der Waals surface area contributed by atoms with Crippen molar-refractivity contribution in [2.24, 2.45) is 17.8 Å². The van der Waals surface area contributed by atoms with Gasteiger partial charge >= 0.3 is 0 Å². The number of methoxy groups -OCH3 is 2. The minimum atomic E-state index is -0.840. The van der Waals surface area contributed by atoms with Gasteiger partial charge in [-0.25, -0.2) is 0 Å². The molecule has 0 spiro atoms. The second-order valence-electron chi connectivity index (χ2n) is 7.21. The van der Waals surface area contributed by atoms with Crippen molar-refractivity contribution in [3.8, 4) is 0 Å². The van der Waals surface area contributed by atoms with E-state index in [4.69, 9.17) is 18.9 Å². The van der Waals surface area contributed by atoms with Gasteiger partial charge in [-0.15, -0.1) is 0 Å². The zero-order valence-electron chi connectivity index (χ0n) is 17.3. The van der Waals surface area contributed by atoms with Crippen LogP contribution in [-0.4, -0.2) is 50.7 Å². The molecule has 1 aliphatic rings. The Morgan fingerprint density at radius 1 is 1.23 bits per heavy atom. The van der Waals surface area contributed by atoms with E-state index < -0.39 is 6.29 Å². The molecular formula is C21H38O5. The fourth-order valence-electron chi connectivity index (χ4n) is 3.80. The van der Waals surface area contributed by atoms with Crippen LogP contribution in [0.2, 0.25) is 0 Å². The summed E-state index contributed by atoms with van der Waals surface area (Å²) >= 11 is 0. The second kappa shape index (κ2) is 12.6. The van der Waals surface area contributed by atoms with Crippen LogP contribution in [0.25, 0.3) is 0 Å². The molecule has 7 atom stereocenters. The molecule has 0 saturated carbocycles. The maximum Gasteiger partial charge on any atom is 0.174 e. The lowest BCUT2D eigenvalue weighted by atomic mass is 9.83. The molecule has 5 heteroatoms. The summed E-state index contributed by atoms with van der Waals surface area (Å²) in [5, 5.41) is 9.85.